The van der Waals surface area contributed by atoms with Gasteiger partial charge in [0.2, 0.25) is 0 Å². The number of hydrogen-bond donors (Lipinski definition) is 0. The second kappa shape index (κ2) is 8.85. The number of rotatable bonds is 8. The Hall–Kier alpha value is -3.34. The van der Waals surface area contributed by atoms with Crippen molar-refractivity contribution in [1.29, 1.82) is 0 Å². The number of nitro benzene ring substituents is 1. The van der Waals surface area contributed by atoms with Crippen LogP contribution in [-0.2, 0) is 6.61 Å². The van der Waals surface area contributed by atoms with Crippen molar-refractivity contribution in [3.8, 4) is 11.5 Å². The lowest BCUT2D eigenvalue weighted by molar-refractivity contribution is -0.384. The van der Waals surface area contributed by atoms with Crippen LogP contribution in [0.2, 0.25) is 0 Å². The molecule has 0 N–H and O–H groups in total. The van der Waals surface area contributed by atoms with Gasteiger partial charge in [0.1, 0.15) is 6.61 Å². The molecule has 27 heavy (non-hydrogen) atoms. The molecular weight excluding hydrogens is 342 g/mol. The van der Waals surface area contributed by atoms with E-state index in [2.05, 4.69) is 0 Å². The molecule has 0 spiro atoms. The fraction of sp³-hybridized carbons (Fsp3) is 0.182. The minimum Gasteiger partial charge on any atom is -0.489 e. The van der Waals surface area contributed by atoms with Gasteiger partial charge in [0, 0.05) is 18.1 Å². The van der Waals surface area contributed by atoms with Crippen molar-refractivity contribution in [2.24, 2.45) is 0 Å². The lowest BCUT2D eigenvalue weighted by atomic mass is 10.0. The lowest BCUT2D eigenvalue weighted by Gasteiger charge is -2.16. The Morgan fingerprint density at radius 3 is 2.07 bits per heavy atom. The van der Waals surface area contributed by atoms with Crippen LogP contribution < -0.4 is 9.47 Å². The summed E-state index contributed by atoms with van der Waals surface area (Å²) in [6.45, 7) is 2.94. The molecule has 138 valence electrons. The van der Waals surface area contributed by atoms with E-state index in [1.54, 1.807) is 12.1 Å². The second-order valence-electron chi connectivity index (χ2n) is 6.28. The average Bonchev–Trinajstić information content (AvgIpc) is 2.72. The first-order valence-electron chi connectivity index (χ1n) is 8.76. The number of nitrogens with zero attached hydrogens (tertiary/aromatic N) is 1. The molecule has 0 aliphatic carbocycles. The average molecular weight is 363 g/mol. The topological polar surface area (TPSA) is 61.6 Å². The summed E-state index contributed by atoms with van der Waals surface area (Å²) in [6.07, 6.45) is 0. The Bertz CT molecular complexity index is 878. The highest BCUT2D eigenvalue weighted by Crippen LogP contribution is 2.29. The molecule has 0 saturated carbocycles. The molecule has 0 bridgehead atoms. The Morgan fingerprint density at radius 1 is 0.852 bits per heavy atom. The van der Waals surface area contributed by atoms with Gasteiger partial charge in [-0.1, -0.05) is 61.5 Å². The van der Waals surface area contributed by atoms with E-state index in [0.717, 1.165) is 11.1 Å². The zero-order chi connectivity index (χ0) is 19.1. The van der Waals surface area contributed by atoms with Crippen LogP contribution in [0.3, 0.4) is 0 Å². The molecule has 0 amide bonds. The van der Waals surface area contributed by atoms with Gasteiger partial charge in [-0.3, -0.25) is 10.1 Å². The highest BCUT2D eigenvalue weighted by Gasteiger charge is 2.12. The van der Waals surface area contributed by atoms with Crippen LogP contribution in [-0.4, -0.2) is 11.5 Å². The smallest absolute Gasteiger partial charge is 0.269 e. The van der Waals surface area contributed by atoms with Gasteiger partial charge in [-0.2, -0.15) is 0 Å². The Labute approximate surface area is 158 Å². The number of hydrogen-bond acceptors (Lipinski definition) is 4. The van der Waals surface area contributed by atoms with Crippen LogP contribution in [0.15, 0.2) is 78.9 Å². The van der Waals surface area contributed by atoms with Gasteiger partial charge < -0.3 is 9.47 Å². The van der Waals surface area contributed by atoms with Gasteiger partial charge in [0.25, 0.3) is 5.69 Å². The van der Waals surface area contributed by atoms with Crippen LogP contribution in [0.1, 0.15) is 24.0 Å². The maximum atomic E-state index is 10.8. The van der Waals surface area contributed by atoms with Gasteiger partial charge in [-0.05, 0) is 23.3 Å². The Morgan fingerprint density at radius 2 is 1.44 bits per heavy atom. The molecule has 0 fully saturated rings. The van der Waals surface area contributed by atoms with Crippen LogP contribution >= 0.6 is 0 Å². The standard InChI is InChI=1S/C22H21NO4/c1-17(19-11-13-20(14-12-19)23(24)25)15-26-21-9-5-6-10-22(21)27-16-18-7-3-2-4-8-18/h2-14,17H,15-16H2,1H3. The van der Waals surface area contributed by atoms with Gasteiger partial charge in [0.05, 0.1) is 11.5 Å². The number of para-hydroxylation sites is 2. The van der Waals surface area contributed by atoms with E-state index in [-0.39, 0.29) is 11.6 Å². The van der Waals surface area contributed by atoms with Crippen molar-refractivity contribution in [1.82, 2.24) is 0 Å². The highest BCUT2D eigenvalue weighted by molar-refractivity contribution is 5.40. The van der Waals surface area contributed by atoms with E-state index in [9.17, 15) is 10.1 Å². The maximum Gasteiger partial charge on any atom is 0.269 e. The molecular formula is C22H21NO4. The summed E-state index contributed by atoms with van der Waals surface area (Å²) >= 11 is 0. The first-order valence-corrected chi connectivity index (χ1v) is 8.76. The quantitative estimate of drug-likeness (QED) is 0.399. The minimum atomic E-state index is -0.398. The molecule has 3 rings (SSSR count). The minimum absolute atomic E-state index is 0.0894. The summed E-state index contributed by atoms with van der Waals surface area (Å²) in [7, 11) is 0. The molecule has 0 aromatic heterocycles. The summed E-state index contributed by atoms with van der Waals surface area (Å²) in [4.78, 5) is 10.4. The monoisotopic (exact) mass is 363 g/mol. The molecule has 1 atom stereocenters. The predicted molar refractivity (Wildman–Crippen MR) is 104 cm³/mol. The molecule has 0 aliphatic heterocycles. The van der Waals surface area contributed by atoms with Crippen molar-refractivity contribution in [3.63, 3.8) is 0 Å². The second-order valence-corrected chi connectivity index (χ2v) is 6.28. The van der Waals surface area contributed by atoms with Crippen molar-refractivity contribution < 1.29 is 14.4 Å². The van der Waals surface area contributed by atoms with E-state index in [1.165, 1.54) is 12.1 Å². The van der Waals surface area contributed by atoms with E-state index < -0.39 is 4.92 Å². The summed E-state index contributed by atoms with van der Waals surface area (Å²) < 4.78 is 11.9. The summed E-state index contributed by atoms with van der Waals surface area (Å²) in [6, 6.07) is 24.1. The predicted octanol–water partition coefficient (Wildman–Crippen LogP) is 5.36. The fourth-order valence-electron chi connectivity index (χ4n) is 2.66. The molecule has 0 heterocycles. The van der Waals surface area contributed by atoms with Crippen LogP contribution in [0.5, 0.6) is 11.5 Å². The van der Waals surface area contributed by atoms with Crippen molar-refractivity contribution in [3.05, 3.63) is 100 Å². The normalized spacial score (nSPS) is 11.6. The number of nitro groups is 1. The SMILES string of the molecule is CC(COc1ccccc1OCc1ccccc1)c1ccc([N+](=O)[O-])cc1. The third-order valence-corrected chi connectivity index (χ3v) is 4.25. The molecule has 0 aliphatic rings. The molecule has 5 heteroatoms. The molecule has 5 nitrogen and oxygen atoms in total. The van der Waals surface area contributed by atoms with Crippen LogP contribution in [0.4, 0.5) is 5.69 Å². The zero-order valence-corrected chi connectivity index (χ0v) is 15.1. The lowest BCUT2D eigenvalue weighted by Crippen LogP contribution is -2.08. The van der Waals surface area contributed by atoms with Crippen molar-refractivity contribution in [2.45, 2.75) is 19.4 Å². The highest BCUT2D eigenvalue weighted by atomic mass is 16.6. The zero-order valence-electron chi connectivity index (χ0n) is 15.1. The van der Waals surface area contributed by atoms with Gasteiger partial charge >= 0.3 is 0 Å². The fourth-order valence-corrected chi connectivity index (χ4v) is 2.66. The molecule has 3 aromatic carbocycles. The first kappa shape index (κ1) is 18.5. The molecule has 1 unspecified atom stereocenters. The third-order valence-electron chi connectivity index (χ3n) is 4.25. The summed E-state index contributed by atoms with van der Waals surface area (Å²) in [5.74, 6) is 1.47. The van der Waals surface area contributed by atoms with Crippen LogP contribution in [0.25, 0.3) is 0 Å². The first-order chi connectivity index (χ1) is 13.1. The number of non-ortho nitro benzene ring substituents is 1. The van der Waals surface area contributed by atoms with Gasteiger partial charge in [0.15, 0.2) is 11.5 Å². The number of ether oxygens (including phenoxy) is 2. The molecule has 0 saturated heterocycles. The van der Waals surface area contributed by atoms with E-state index in [1.807, 2.05) is 61.5 Å². The van der Waals surface area contributed by atoms with E-state index in [0.29, 0.717) is 24.7 Å². The van der Waals surface area contributed by atoms with Crippen LogP contribution in [0, 0.1) is 10.1 Å². The van der Waals surface area contributed by atoms with Crippen molar-refractivity contribution in [2.75, 3.05) is 6.61 Å². The van der Waals surface area contributed by atoms with Crippen molar-refractivity contribution >= 4 is 5.69 Å². The summed E-state index contributed by atoms with van der Waals surface area (Å²) in [5.41, 5.74) is 2.17. The largest absolute Gasteiger partial charge is 0.489 e. The third kappa shape index (κ3) is 5.07. The maximum absolute atomic E-state index is 10.8. The summed E-state index contributed by atoms with van der Waals surface area (Å²) in [5, 5.41) is 10.8. The van der Waals surface area contributed by atoms with E-state index in [4.69, 9.17) is 9.47 Å². The van der Waals surface area contributed by atoms with Gasteiger partial charge in [-0.25, -0.2) is 0 Å². The van der Waals surface area contributed by atoms with Gasteiger partial charge in [-0.15, -0.1) is 0 Å². The molecule has 3 aromatic rings. The Balaban J connectivity index is 1.61. The Kier molecular flexibility index (Phi) is 6.05. The van der Waals surface area contributed by atoms with E-state index >= 15 is 0 Å². The molecule has 0 radical (unpaired) electrons. The number of benzene rings is 3.